The third-order valence-electron chi connectivity index (χ3n) is 8.08. The fourth-order valence-corrected chi connectivity index (χ4v) is 5.98. The van der Waals surface area contributed by atoms with Crippen molar-refractivity contribution in [2.45, 2.75) is 53.1 Å². The quantitative estimate of drug-likeness (QED) is 0.244. The summed E-state index contributed by atoms with van der Waals surface area (Å²) >= 11 is 0. The first kappa shape index (κ1) is 28.7. The van der Waals surface area contributed by atoms with Crippen molar-refractivity contribution < 1.29 is 18.8 Å². The number of carbonyl (C=O) groups is 1. The number of imidazole rings is 1. The molecule has 1 aliphatic rings. The summed E-state index contributed by atoms with van der Waals surface area (Å²) in [5.74, 6) is 2.75. The molecule has 0 radical (unpaired) electrons. The Morgan fingerprint density at radius 3 is 2.65 bits per heavy atom. The molecular weight excluding hydrogens is 540 g/mol. The van der Waals surface area contributed by atoms with Gasteiger partial charge in [-0.25, -0.2) is 4.98 Å². The fraction of sp³-hybridized carbons (Fsp3) is 0.343. The van der Waals surface area contributed by atoms with Crippen LogP contribution in [0.5, 0.6) is 5.75 Å². The average molecular weight is 579 g/mol. The number of nitrogens with zero attached hydrogens (tertiary/aromatic N) is 4. The minimum atomic E-state index is 0.103. The molecule has 43 heavy (non-hydrogen) atoms. The van der Waals surface area contributed by atoms with Gasteiger partial charge < -0.3 is 23.5 Å². The average Bonchev–Trinajstić information content (AvgIpc) is 3.55. The molecule has 3 aromatic carbocycles. The van der Waals surface area contributed by atoms with Crippen molar-refractivity contribution in [1.82, 2.24) is 19.6 Å². The lowest BCUT2D eigenvalue weighted by Gasteiger charge is -2.24. The van der Waals surface area contributed by atoms with Crippen molar-refractivity contribution in [3.05, 3.63) is 101 Å². The number of fused-ring (bicyclic) bond motifs is 4. The van der Waals surface area contributed by atoms with Crippen LogP contribution in [0.4, 0.5) is 0 Å². The van der Waals surface area contributed by atoms with E-state index in [9.17, 15) is 4.79 Å². The minimum Gasteiger partial charge on any atom is -0.491 e. The van der Waals surface area contributed by atoms with E-state index >= 15 is 0 Å². The van der Waals surface area contributed by atoms with Crippen LogP contribution in [0.25, 0.3) is 22.2 Å². The molecule has 0 atom stereocenters. The van der Waals surface area contributed by atoms with E-state index in [0.717, 1.165) is 68.3 Å². The van der Waals surface area contributed by atoms with Gasteiger partial charge in [-0.3, -0.25) is 4.79 Å². The standard InChI is InChI=1S/C35H38N4O4/c1-4-33-36-30-10-5-6-11-31(30)39(33)15-14-34(40)38-16-17-41-18-19-42-32-13-12-28(35-24(2)37-43-25(35)3)22-29(32)21-26-8-7-9-27(20-26)23-38/h5-13,20,22H,4,14-19,21,23H2,1-3H3. The largest absolute Gasteiger partial charge is 0.491 e. The number of para-hydroxylation sites is 2. The van der Waals surface area contributed by atoms with Crippen molar-refractivity contribution >= 4 is 16.9 Å². The Hall–Kier alpha value is -4.43. The number of rotatable bonds is 5. The number of ether oxygens (including phenoxy) is 2. The second-order valence-electron chi connectivity index (χ2n) is 11.1. The second-order valence-corrected chi connectivity index (χ2v) is 11.1. The smallest absolute Gasteiger partial charge is 0.224 e. The molecule has 0 unspecified atom stereocenters. The molecule has 0 spiro atoms. The summed E-state index contributed by atoms with van der Waals surface area (Å²) < 4.78 is 19.7. The lowest BCUT2D eigenvalue weighted by Crippen LogP contribution is -2.34. The van der Waals surface area contributed by atoms with Crippen LogP contribution in [0.2, 0.25) is 0 Å². The zero-order valence-corrected chi connectivity index (χ0v) is 25.1. The van der Waals surface area contributed by atoms with Crippen LogP contribution in [-0.4, -0.2) is 51.9 Å². The lowest BCUT2D eigenvalue weighted by molar-refractivity contribution is -0.132. The van der Waals surface area contributed by atoms with Crippen molar-refractivity contribution in [1.29, 1.82) is 0 Å². The Labute approximate surface area is 252 Å². The Balaban J connectivity index is 1.23. The highest BCUT2D eigenvalue weighted by Gasteiger charge is 2.18. The van der Waals surface area contributed by atoms with Crippen LogP contribution >= 0.6 is 0 Å². The second kappa shape index (κ2) is 12.8. The first-order valence-corrected chi connectivity index (χ1v) is 15.1. The Morgan fingerprint density at radius 1 is 0.953 bits per heavy atom. The third kappa shape index (κ3) is 6.34. The van der Waals surface area contributed by atoms with E-state index in [2.05, 4.69) is 59.1 Å². The maximum absolute atomic E-state index is 13.6. The summed E-state index contributed by atoms with van der Waals surface area (Å²) in [6.45, 7) is 8.96. The Bertz CT molecular complexity index is 1720. The van der Waals surface area contributed by atoms with Crippen LogP contribution in [0.1, 0.15) is 47.3 Å². The molecule has 0 saturated carbocycles. The van der Waals surface area contributed by atoms with Gasteiger partial charge in [-0.05, 0) is 60.4 Å². The first-order chi connectivity index (χ1) is 21.0. The van der Waals surface area contributed by atoms with Gasteiger partial charge in [-0.2, -0.15) is 0 Å². The number of benzene rings is 3. The first-order valence-electron chi connectivity index (χ1n) is 15.1. The molecule has 8 heteroatoms. The highest BCUT2D eigenvalue weighted by Crippen LogP contribution is 2.32. The topological polar surface area (TPSA) is 82.6 Å². The van der Waals surface area contributed by atoms with Gasteiger partial charge in [0.25, 0.3) is 0 Å². The fourth-order valence-electron chi connectivity index (χ4n) is 5.98. The summed E-state index contributed by atoms with van der Waals surface area (Å²) in [5, 5.41) is 4.14. The summed E-state index contributed by atoms with van der Waals surface area (Å²) in [4.78, 5) is 20.3. The lowest BCUT2D eigenvalue weighted by atomic mass is 9.96. The molecule has 0 N–H and O–H groups in total. The maximum atomic E-state index is 13.6. The van der Waals surface area contributed by atoms with Crippen LogP contribution in [0, 0.1) is 13.8 Å². The summed E-state index contributed by atoms with van der Waals surface area (Å²) in [7, 11) is 0. The summed E-state index contributed by atoms with van der Waals surface area (Å²) in [6, 6.07) is 22.9. The van der Waals surface area contributed by atoms with Crippen LogP contribution in [-0.2, 0) is 35.5 Å². The zero-order chi connectivity index (χ0) is 29.8. The molecule has 8 nitrogen and oxygen atoms in total. The number of amides is 1. The van der Waals surface area contributed by atoms with Crippen LogP contribution in [0.15, 0.2) is 71.3 Å². The van der Waals surface area contributed by atoms with E-state index in [4.69, 9.17) is 19.0 Å². The van der Waals surface area contributed by atoms with Gasteiger partial charge in [0.1, 0.15) is 23.9 Å². The van der Waals surface area contributed by atoms with E-state index in [1.54, 1.807) is 0 Å². The molecule has 1 aliphatic heterocycles. The number of hydrogen-bond donors (Lipinski definition) is 0. The molecule has 0 fully saturated rings. The monoisotopic (exact) mass is 578 g/mol. The predicted molar refractivity (Wildman–Crippen MR) is 166 cm³/mol. The number of hydrogen-bond acceptors (Lipinski definition) is 6. The zero-order valence-electron chi connectivity index (χ0n) is 25.1. The van der Waals surface area contributed by atoms with E-state index in [1.165, 1.54) is 0 Å². The molecule has 2 aromatic heterocycles. The van der Waals surface area contributed by atoms with Gasteiger partial charge in [0, 0.05) is 44.5 Å². The normalized spacial score (nSPS) is 14.3. The SMILES string of the molecule is CCc1nc2ccccc2n1CCC(=O)N1CCOCCOc2ccc(-c3c(C)noc3C)cc2Cc2cccc(c2)C1. The van der Waals surface area contributed by atoms with Gasteiger partial charge in [0.15, 0.2) is 0 Å². The van der Waals surface area contributed by atoms with E-state index in [-0.39, 0.29) is 5.91 Å². The van der Waals surface area contributed by atoms with Gasteiger partial charge >= 0.3 is 0 Å². The minimum absolute atomic E-state index is 0.103. The van der Waals surface area contributed by atoms with Gasteiger partial charge in [-0.1, -0.05) is 54.5 Å². The molecule has 3 heterocycles. The number of aromatic nitrogens is 3. The predicted octanol–water partition coefficient (Wildman–Crippen LogP) is 6.29. The molecule has 0 saturated heterocycles. The summed E-state index contributed by atoms with van der Waals surface area (Å²) in [6.07, 6.45) is 1.91. The third-order valence-corrected chi connectivity index (χ3v) is 8.08. The van der Waals surface area contributed by atoms with E-state index in [1.807, 2.05) is 43.0 Å². The van der Waals surface area contributed by atoms with Gasteiger partial charge in [-0.15, -0.1) is 0 Å². The maximum Gasteiger partial charge on any atom is 0.224 e. The Kier molecular flexibility index (Phi) is 8.56. The molecule has 5 aromatic rings. The molecule has 2 bridgehead atoms. The molecule has 0 aliphatic carbocycles. The van der Waals surface area contributed by atoms with E-state index < -0.39 is 0 Å². The van der Waals surface area contributed by atoms with Crippen molar-refractivity contribution in [3.8, 4) is 16.9 Å². The van der Waals surface area contributed by atoms with Crippen molar-refractivity contribution in [2.24, 2.45) is 0 Å². The van der Waals surface area contributed by atoms with E-state index in [0.29, 0.717) is 52.3 Å². The highest BCUT2D eigenvalue weighted by atomic mass is 16.5. The van der Waals surface area contributed by atoms with Crippen LogP contribution < -0.4 is 4.74 Å². The molecular formula is C35H38N4O4. The number of aryl methyl sites for hydroxylation is 4. The molecule has 6 rings (SSSR count). The van der Waals surface area contributed by atoms with Crippen molar-refractivity contribution in [2.75, 3.05) is 26.4 Å². The molecule has 1 amide bonds. The number of carbonyl (C=O) groups excluding carboxylic acids is 1. The van der Waals surface area contributed by atoms with Crippen LogP contribution in [0.3, 0.4) is 0 Å². The highest BCUT2D eigenvalue weighted by molar-refractivity contribution is 5.78. The van der Waals surface area contributed by atoms with Crippen molar-refractivity contribution in [3.63, 3.8) is 0 Å². The van der Waals surface area contributed by atoms with Gasteiger partial charge in [0.2, 0.25) is 5.91 Å². The Morgan fingerprint density at radius 2 is 1.81 bits per heavy atom. The van der Waals surface area contributed by atoms with Gasteiger partial charge in [0.05, 0.1) is 29.9 Å². The summed E-state index contributed by atoms with van der Waals surface area (Å²) in [5.41, 5.74) is 8.32. The molecule has 222 valence electrons.